The number of carboxylic acid groups (broad SMARTS) is 1. The molecule has 0 aliphatic rings. The average molecular weight is 223 g/mol. The van der Waals surface area contributed by atoms with Crippen molar-refractivity contribution in [1.29, 1.82) is 0 Å². The van der Waals surface area contributed by atoms with E-state index in [9.17, 15) is 4.79 Å². The third-order valence-electron chi connectivity index (χ3n) is 2.39. The average Bonchev–Trinajstić information content (AvgIpc) is 2.25. The van der Waals surface area contributed by atoms with E-state index in [-0.39, 0.29) is 6.04 Å². The van der Waals surface area contributed by atoms with Crippen LogP contribution < -0.4 is 0 Å². The van der Waals surface area contributed by atoms with Crippen molar-refractivity contribution in [2.24, 2.45) is 0 Å². The molecular formula is C13H21NO2. The molecule has 0 aromatic rings. The van der Waals surface area contributed by atoms with E-state index in [1.54, 1.807) is 13.0 Å². The lowest BCUT2D eigenvalue weighted by atomic mass is 10.1. The molecule has 0 rings (SSSR count). The monoisotopic (exact) mass is 223 g/mol. The van der Waals surface area contributed by atoms with Crippen molar-refractivity contribution in [1.82, 2.24) is 4.90 Å². The number of carbonyl (C=O) groups is 1. The molecule has 0 heterocycles. The maximum absolute atomic E-state index is 10.8. The fourth-order valence-corrected chi connectivity index (χ4v) is 1.52. The maximum atomic E-state index is 10.8. The lowest BCUT2D eigenvalue weighted by molar-refractivity contribution is -0.132. The highest BCUT2D eigenvalue weighted by atomic mass is 16.4. The Balaban J connectivity index is 4.77. The van der Waals surface area contributed by atoms with Crippen LogP contribution in [0.3, 0.4) is 0 Å². The molecule has 0 aliphatic heterocycles. The van der Waals surface area contributed by atoms with Gasteiger partial charge in [0.1, 0.15) is 0 Å². The van der Waals surface area contributed by atoms with Crippen LogP contribution in [0, 0.1) is 0 Å². The second kappa shape index (κ2) is 7.88. The Bertz CT molecular complexity index is 272. The lowest BCUT2D eigenvalue weighted by Crippen LogP contribution is -2.34. The van der Waals surface area contributed by atoms with Crippen LogP contribution in [0.25, 0.3) is 0 Å². The van der Waals surface area contributed by atoms with E-state index in [1.807, 2.05) is 19.1 Å². The molecule has 0 amide bonds. The van der Waals surface area contributed by atoms with Gasteiger partial charge in [-0.15, -0.1) is 13.2 Å². The summed E-state index contributed by atoms with van der Waals surface area (Å²) >= 11 is 0. The molecule has 16 heavy (non-hydrogen) atoms. The fraction of sp³-hybridized carbons (Fsp3) is 0.462. The van der Waals surface area contributed by atoms with Gasteiger partial charge >= 0.3 is 5.97 Å². The molecule has 90 valence electrons. The van der Waals surface area contributed by atoms with E-state index in [0.29, 0.717) is 5.57 Å². The maximum Gasteiger partial charge on any atom is 0.331 e. The largest absolute Gasteiger partial charge is 0.478 e. The summed E-state index contributed by atoms with van der Waals surface area (Å²) in [6, 6.07) is 0.118. The summed E-state index contributed by atoms with van der Waals surface area (Å²) in [6.45, 7) is 12.5. The zero-order chi connectivity index (χ0) is 12.6. The minimum absolute atomic E-state index is 0.118. The van der Waals surface area contributed by atoms with Crippen molar-refractivity contribution >= 4 is 5.97 Å². The molecule has 0 fully saturated rings. The molecule has 1 unspecified atom stereocenters. The Hall–Kier alpha value is -1.35. The van der Waals surface area contributed by atoms with Gasteiger partial charge in [0.05, 0.1) is 0 Å². The Morgan fingerprint density at radius 1 is 1.38 bits per heavy atom. The Kier molecular flexibility index (Phi) is 7.21. The summed E-state index contributed by atoms with van der Waals surface area (Å²) in [5.41, 5.74) is 0.380. The highest BCUT2D eigenvalue weighted by molar-refractivity contribution is 5.85. The summed E-state index contributed by atoms with van der Waals surface area (Å²) in [5, 5.41) is 8.84. The van der Waals surface area contributed by atoms with Gasteiger partial charge in [-0.2, -0.15) is 0 Å². The number of aliphatic carboxylic acids is 1. The molecular weight excluding hydrogens is 202 g/mol. The van der Waals surface area contributed by atoms with Crippen LogP contribution in [0.5, 0.6) is 0 Å². The van der Waals surface area contributed by atoms with Crippen LogP contribution in [0.4, 0.5) is 0 Å². The summed E-state index contributed by atoms with van der Waals surface area (Å²) in [5.74, 6) is -0.865. The third kappa shape index (κ3) is 4.94. The Morgan fingerprint density at radius 3 is 2.19 bits per heavy atom. The van der Waals surface area contributed by atoms with E-state index in [0.717, 1.165) is 19.5 Å². The minimum Gasteiger partial charge on any atom is -0.478 e. The van der Waals surface area contributed by atoms with Gasteiger partial charge in [0.25, 0.3) is 0 Å². The predicted molar refractivity (Wildman–Crippen MR) is 67.4 cm³/mol. The van der Waals surface area contributed by atoms with Crippen LogP contribution in [0.1, 0.15) is 20.3 Å². The molecule has 0 saturated carbocycles. The molecule has 0 bridgehead atoms. The van der Waals surface area contributed by atoms with Crippen molar-refractivity contribution in [3.8, 4) is 0 Å². The number of hydrogen-bond donors (Lipinski definition) is 1. The van der Waals surface area contributed by atoms with Crippen molar-refractivity contribution in [3.05, 3.63) is 37.0 Å². The molecule has 0 saturated heterocycles. The zero-order valence-electron chi connectivity index (χ0n) is 10.1. The van der Waals surface area contributed by atoms with Crippen LogP contribution in [-0.2, 0) is 4.79 Å². The number of hydrogen-bond acceptors (Lipinski definition) is 2. The molecule has 3 nitrogen and oxygen atoms in total. The minimum atomic E-state index is -0.865. The van der Waals surface area contributed by atoms with Crippen molar-refractivity contribution in [3.63, 3.8) is 0 Å². The van der Waals surface area contributed by atoms with E-state index in [1.165, 1.54) is 0 Å². The quantitative estimate of drug-likeness (QED) is 0.507. The van der Waals surface area contributed by atoms with Gasteiger partial charge in [-0.25, -0.2) is 4.79 Å². The highest BCUT2D eigenvalue weighted by Gasteiger charge is 2.13. The molecule has 1 atom stereocenters. The highest BCUT2D eigenvalue weighted by Crippen LogP contribution is 2.09. The van der Waals surface area contributed by atoms with Gasteiger partial charge in [0.2, 0.25) is 0 Å². The summed E-state index contributed by atoms with van der Waals surface area (Å²) in [6.07, 6.45) is 6.29. The van der Waals surface area contributed by atoms with Crippen molar-refractivity contribution in [2.75, 3.05) is 13.1 Å². The van der Waals surface area contributed by atoms with Gasteiger partial charge < -0.3 is 5.11 Å². The van der Waals surface area contributed by atoms with Crippen LogP contribution in [0.2, 0.25) is 0 Å². The molecule has 0 aromatic heterocycles. The molecule has 0 radical (unpaired) electrons. The predicted octanol–water partition coefficient (Wildman–Crippen LogP) is 2.47. The fourth-order valence-electron chi connectivity index (χ4n) is 1.52. The molecule has 0 spiro atoms. The smallest absolute Gasteiger partial charge is 0.331 e. The molecule has 0 aromatic carbocycles. The van der Waals surface area contributed by atoms with E-state index in [4.69, 9.17) is 5.11 Å². The third-order valence-corrected chi connectivity index (χ3v) is 2.39. The first-order valence-corrected chi connectivity index (χ1v) is 5.44. The van der Waals surface area contributed by atoms with Gasteiger partial charge in [-0.3, -0.25) is 4.90 Å². The van der Waals surface area contributed by atoms with Crippen molar-refractivity contribution < 1.29 is 9.90 Å². The van der Waals surface area contributed by atoms with Gasteiger partial charge in [0, 0.05) is 24.7 Å². The van der Waals surface area contributed by atoms with Gasteiger partial charge in [-0.05, 0) is 13.3 Å². The van der Waals surface area contributed by atoms with Crippen LogP contribution in [0.15, 0.2) is 37.0 Å². The first-order valence-electron chi connectivity index (χ1n) is 5.44. The molecule has 3 heteroatoms. The standard InChI is InChI=1S/C13H21NO2/c1-5-8-14(9-6-2)12(7-3)10-11(4)13(15)16/h5-6,10,12H,1-2,7-9H2,3-4H3,(H,15,16). The van der Waals surface area contributed by atoms with E-state index >= 15 is 0 Å². The first kappa shape index (κ1) is 14.6. The lowest BCUT2D eigenvalue weighted by Gasteiger charge is -2.26. The SMILES string of the molecule is C=CCN(CC=C)C(C=C(C)C(=O)O)CC. The first-order chi connectivity index (χ1) is 7.56. The topological polar surface area (TPSA) is 40.5 Å². The summed E-state index contributed by atoms with van der Waals surface area (Å²) in [7, 11) is 0. The van der Waals surface area contributed by atoms with Crippen LogP contribution in [-0.4, -0.2) is 35.1 Å². The number of nitrogens with zero attached hydrogens (tertiary/aromatic N) is 1. The summed E-state index contributed by atoms with van der Waals surface area (Å²) in [4.78, 5) is 12.9. The molecule has 0 aliphatic carbocycles. The van der Waals surface area contributed by atoms with Crippen molar-refractivity contribution in [2.45, 2.75) is 26.3 Å². The van der Waals surface area contributed by atoms with Gasteiger partial charge in [-0.1, -0.05) is 25.2 Å². The zero-order valence-corrected chi connectivity index (χ0v) is 10.1. The number of rotatable bonds is 8. The Labute approximate surface area is 97.8 Å². The van der Waals surface area contributed by atoms with Gasteiger partial charge in [0.15, 0.2) is 0 Å². The van der Waals surface area contributed by atoms with E-state index in [2.05, 4.69) is 18.1 Å². The second-order valence-corrected chi connectivity index (χ2v) is 3.66. The second-order valence-electron chi connectivity index (χ2n) is 3.66. The number of carboxylic acids is 1. The normalized spacial score (nSPS) is 13.6. The Morgan fingerprint density at radius 2 is 1.88 bits per heavy atom. The summed E-state index contributed by atoms with van der Waals surface area (Å²) < 4.78 is 0. The molecule has 1 N–H and O–H groups in total. The van der Waals surface area contributed by atoms with Crippen LogP contribution >= 0.6 is 0 Å². The van der Waals surface area contributed by atoms with E-state index < -0.39 is 5.97 Å².